The summed E-state index contributed by atoms with van der Waals surface area (Å²) in [6.45, 7) is 8.96. The molecule has 2 N–H and O–H groups in total. The van der Waals surface area contributed by atoms with Crippen LogP contribution in [0.25, 0.3) is 0 Å². The van der Waals surface area contributed by atoms with Crippen LogP contribution in [0.3, 0.4) is 0 Å². The Labute approximate surface area is 71.4 Å². The fraction of sp³-hybridized carbons (Fsp3) is 1.00. The monoisotopic (exact) mass is 157 g/mol. The van der Waals surface area contributed by atoms with E-state index in [9.17, 15) is 0 Å². The summed E-state index contributed by atoms with van der Waals surface area (Å²) < 4.78 is 0. The van der Waals surface area contributed by atoms with Crippen LogP contribution >= 0.6 is 0 Å². The van der Waals surface area contributed by atoms with Gasteiger partial charge < -0.3 is 5.73 Å². The Hall–Kier alpha value is -0.0400. The average molecular weight is 157 g/mol. The summed E-state index contributed by atoms with van der Waals surface area (Å²) in [7, 11) is 0. The molecule has 0 saturated heterocycles. The third-order valence-corrected chi connectivity index (χ3v) is 2.45. The van der Waals surface area contributed by atoms with E-state index in [0.717, 1.165) is 5.92 Å². The number of nitrogens with two attached hydrogens (primary N) is 1. The van der Waals surface area contributed by atoms with Gasteiger partial charge in [-0.1, -0.05) is 34.1 Å². The SMILES string of the molecule is CC[C@H](C)[C@@H](N)CCC(C)C. The standard InChI is InChI=1S/C10H23N/c1-5-9(4)10(11)7-6-8(2)3/h8-10H,5-7,11H2,1-4H3/t9-,10-/m0/s1. The molecule has 0 aliphatic carbocycles. The van der Waals surface area contributed by atoms with Crippen molar-refractivity contribution < 1.29 is 0 Å². The van der Waals surface area contributed by atoms with Gasteiger partial charge in [0.15, 0.2) is 0 Å². The first kappa shape index (κ1) is 11.0. The van der Waals surface area contributed by atoms with E-state index in [2.05, 4.69) is 27.7 Å². The third-order valence-electron chi connectivity index (χ3n) is 2.45. The fourth-order valence-corrected chi connectivity index (χ4v) is 1.11. The van der Waals surface area contributed by atoms with Gasteiger partial charge in [-0.05, 0) is 24.7 Å². The molecule has 2 atom stereocenters. The van der Waals surface area contributed by atoms with E-state index in [0.29, 0.717) is 12.0 Å². The van der Waals surface area contributed by atoms with Crippen LogP contribution in [0.15, 0.2) is 0 Å². The van der Waals surface area contributed by atoms with Crippen molar-refractivity contribution in [1.82, 2.24) is 0 Å². The van der Waals surface area contributed by atoms with Gasteiger partial charge in [0.1, 0.15) is 0 Å². The number of hydrogen-bond donors (Lipinski definition) is 1. The Balaban J connectivity index is 3.43. The highest BCUT2D eigenvalue weighted by molar-refractivity contribution is 4.68. The van der Waals surface area contributed by atoms with Crippen molar-refractivity contribution in [3.63, 3.8) is 0 Å². The molecule has 0 rings (SSSR count). The maximum absolute atomic E-state index is 5.98. The van der Waals surface area contributed by atoms with E-state index in [-0.39, 0.29) is 0 Å². The first-order valence-electron chi connectivity index (χ1n) is 4.83. The molecule has 0 spiro atoms. The molecular formula is C10H23N. The molecule has 0 heterocycles. The first-order chi connectivity index (χ1) is 5.07. The lowest BCUT2D eigenvalue weighted by Gasteiger charge is -2.18. The van der Waals surface area contributed by atoms with Crippen LogP contribution in [-0.4, -0.2) is 6.04 Å². The molecule has 0 aliphatic rings. The van der Waals surface area contributed by atoms with E-state index in [1.807, 2.05) is 0 Å². The van der Waals surface area contributed by atoms with Crippen molar-refractivity contribution in [1.29, 1.82) is 0 Å². The third kappa shape index (κ3) is 5.25. The Morgan fingerprint density at radius 1 is 1.09 bits per heavy atom. The predicted octanol–water partition coefficient (Wildman–Crippen LogP) is 2.80. The summed E-state index contributed by atoms with van der Waals surface area (Å²) in [6.07, 6.45) is 3.66. The van der Waals surface area contributed by atoms with Gasteiger partial charge >= 0.3 is 0 Å². The zero-order chi connectivity index (χ0) is 8.85. The summed E-state index contributed by atoms with van der Waals surface area (Å²) in [5, 5.41) is 0. The van der Waals surface area contributed by atoms with E-state index in [4.69, 9.17) is 5.73 Å². The average Bonchev–Trinajstić information content (AvgIpc) is 1.98. The molecule has 1 nitrogen and oxygen atoms in total. The Morgan fingerprint density at radius 2 is 1.64 bits per heavy atom. The lowest BCUT2D eigenvalue weighted by molar-refractivity contribution is 0.388. The normalized spacial score (nSPS) is 16.9. The highest BCUT2D eigenvalue weighted by Gasteiger charge is 2.10. The summed E-state index contributed by atoms with van der Waals surface area (Å²) in [5.74, 6) is 1.49. The second-order valence-corrected chi connectivity index (χ2v) is 4.02. The van der Waals surface area contributed by atoms with Crippen LogP contribution in [0.2, 0.25) is 0 Å². The molecule has 0 amide bonds. The quantitative estimate of drug-likeness (QED) is 0.652. The fourth-order valence-electron chi connectivity index (χ4n) is 1.11. The summed E-state index contributed by atoms with van der Waals surface area (Å²) in [4.78, 5) is 0. The molecule has 0 bridgehead atoms. The molecule has 11 heavy (non-hydrogen) atoms. The zero-order valence-corrected chi connectivity index (χ0v) is 8.43. The van der Waals surface area contributed by atoms with E-state index in [1.54, 1.807) is 0 Å². The topological polar surface area (TPSA) is 26.0 Å². The van der Waals surface area contributed by atoms with Crippen LogP contribution < -0.4 is 5.73 Å². The van der Waals surface area contributed by atoms with Gasteiger partial charge in [0, 0.05) is 6.04 Å². The molecule has 0 unspecified atom stereocenters. The lowest BCUT2D eigenvalue weighted by Crippen LogP contribution is -2.28. The second-order valence-electron chi connectivity index (χ2n) is 4.02. The maximum atomic E-state index is 5.98. The minimum atomic E-state index is 0.419. The molecule has 0 aromatic heterocycles. The molecule has 1 heteroatoms. The zero-order valence-electron chi connectivity index (χ0n) is 8.43. The van der Waals surface area contributed by atoms with Crippen LogP contribution in [0.5, 0.6) is 0 Å². The molecular weight excluding hydrogens is 134 g/mol. The van der Waals surface area contributed by atoms with Gasteiger partial charge in [-0.15, -0.1) is 0 Å². The minimum Gasteiger partial charge on any atom is -0.327 e. The Kier molecular flexibility index (Phi) is 5.57. The summed E-state index contributed by atoms with van der Waals surface area (Å²) in [6, 6.07) is 0.419. The van der Waals surface area contributed by atoms with Crippen molar-refractivity contribution in [2.24, 2.45) is 17.6 Å². The highest BCUT2D eigenvalue weighted by Crippen LogP contribution is 2.13. The smallest absolute Gasteiger partial charge is 0.00645 e. The van der Waals surface area contributed by atoms with Crippen LogP contribution in [0.4, 0.5) is 0 Å². The largest absolute Gasteiger partial charge is 0.327 e. The van der Waals surface area contributed by atoms with Crippen LogP contribution in [0.1, 0.15) is 47.0 Å². The molecule has 0 fully saturated rings. The van der Waals surface area contributed by atoms with Crippen molar-refractivity contribution in [3.05, 3.63) is 0 Å². The molecule has 0 saturated carbocycles. The summed E-state index contributed by atoms with van der Waals surface area (Å²) in [5.41, 5.74) is 5.98. The Morgan fingerprint density at radius 3 is 2.00 bits per heavy atom. The lowest BCUT2D eigenvalue weighted by atomic mass is 9.93. The Bertz CT molecular complexity index is 88.9. The molecule has 0 aliphatic heterocycles. The van der Waals surface area contributed by atoms with E-state index in [1.165, 1.54) is 19.3 Å². The molecule has 0 radical (unpaired) electrons. The van der Waals surface area contributed by atoms with Gasteiger partial charge in [-0.2, -0.15) is 0 Å². The molecule has 0 aromatic rings. The van der Waals surface area contributed by atoms with Crippen molar-refractivity contribution in [2.75, 3.05) is 0 Å². The van der Waals surface area contributed by atoms with E-state index >= 15 is 0 Å². The van der Waals surface area contributed by atoms with Crippen molar-refractivity contribution in [2.45, 2.75) is 53.0 Å². The molecule has 0 aromatic carbocycles. The van der Waals surface area contributed by atoms with Gasteiger partial charge in [-0.25, -0.2) is 0 Å². The maximum Gasteiger partial charge on any atom is 0.00645 e. The van der Waals surface area contributed by atoms with Crippen LogP contribution in [-0.2, 0) is 0 Å². The summed E-state index contributed by atoms with van der Waals surface area (Å²) >= 11 is 0. The van der Waals surface area contributed by atoms with Crippen molar-refractivity contribution in [3.8, 4) is 0 Å². The second kappa shape index (κ2) is 5.59. The highest BCUT2D eigenvalue weighted by atomic mass is 14.6. The van der Waals surface area contributed by atoms with Crippen LogP contribution in [0, 0.1) is 11.8 Å². The number of rotatable bonds is 5. The van der Waals surface area contributed by atoms with Crippen molar-refractivity contribution >= 4 is 0 Å². The van der Waals surface area contributed by atoms with Gasteiger partial charge in [0.25, 0.3) is 0 Å². The van der Waals surface area contributed by atoms with E-state index < -0.39 is 0 Å². The van der Waals surface area contributed by atoms with Gasteiger partial charge in [-0.3, -0.25) is 0 Å². The first-order valence-corrected chi connectivity index (χ1v) is 4.83. The number of hydrogen-bond acceptors (Lipinski definition) is 1. The minimum absolute atomic E-state index is 0.419. The van der Waals surface area contributed by atoms with Gasteiger partial charge in [0.05, 0.1) is 0 Å². The van der Waals surface area contributed by atoms with Gasteiger partial charge in [0.2, 0.25) is 0 Å². The molecule has 68 valence electrons. The predicted molar refractivity (Wildman–Crippen MR) is 51.5 cm³/mol.